The smallest absolute Gasteiger partial charge is 0.262 e. The maximum atomic E-state index is 12.8. The number of rotatable bonds is 6. The molecule has 140 valence electrons. The highest BCUT2D eigenvalue weighted by Gasteiger charge is 2.17. The number of quaternary nitrogens is 1. The van der Waals surface area contributed by atoms with Crippen molar-refractivity contribution >= 4 is 40.0 Å². The van der Waals surface area contributed by atoms with E-state index in [-0.39, 0.29) is 12.1 Å². The van der Waals surface area contributed by atoms with Gasteiger partial charge in [0.05, 0.1) is 23.0 Å². The van der Waals surface area contributed by atoms with Gasteiger partial charge in [0.1, 0.15) is 19.6 Å². The van der Waals surface area contributed by atoms with Crippen LogP contribution in [-0.4, -0.2) is 22.5 Å². The molecular formula is C19H19Cl2N4O2+. The fraction of sp³-hybridized carbons (Fsp3) is 0.211. The third-order valence-corrected chi connectivity index (χ3v) is 4.81. The molecule has 0 saturated carbocycles. The maximum Gasteiger partial charge on any atom is 0.262 e. The topological polar surface area (TPSA) is 82.4 Å². The predicted molar refractivity (Wildman–Crippen MR) is 106 cm³/mol. The van der Waals surface area contributed by atoms with Gasteiger partial charge >= 0.3 is 0 Å². The maximum absolute atomic E-state index is 12.8. The number of carbonyl (C=O) groups excluding carboxylic acids is 1. The van der Waals surface area contributed by atoms with E-state index >= 15 is 0 Å². The zero-order valence-corrected chi connectivity index (χ0v) is 16.2. The normalized spacial score (nSPS) is 12.3. The molecule has 0 aliphatic heterocycles. The third-order valence-electron chi connectivity index (χ3n) is 4.22. The molecule has 0 bridgehead atoms. The summed E-state index contributed by atoms with van der Waals surface area (Å²) in [4.78, 5) is 29.9. The standard InChI is InChI=1S/C19H18Cl2N4O2/c1-24(9-12-6-7-13(20)8-15(12)21)11-18-23-16-5-3-2-4-14(16)19(27)25(18)10-17(22)26/h2-8H,9-11H2,1H3,(H2,22,26)/p+1. The number of nitrogens with two attached hydrogens (primary N) is 1. The van der Waals surface area contributed by atoms with Gasteiger partial charge in [-0.15, -0.1) is 0 Å². The van der Waals surface area contributed by atoms with Crippen molar-refractivity contribution < 1.29 is 9.69 Å². The summed E-state index contributed by atoms with van der Waals surface area (Å²) in [5, 5.41) is 1.62. The van der Waals surface area contributed by atoms with E-state index in [1.165, 1.54) is 4.57 Å². The number of hydrogen-bond donors (Lipinski definition) is 2. The summed E-state index contributed by atoms with van der Waals surface area (Å²) in [6.07, 6.45) is 0. The van der Waals surface area contributed by atoms with Crippen molar-refractivity contribution in [2.75, 3.05) is 7.05 Å². The molecule has 0 spiro atoms. The second kappa shape index (κ2) is 8.08. The van der Waals surface area contributed by atoms with E-state index in [9.17, 15) is 9.59 Å². The molecule has 1 amide bonds. The van der Waals surface area contributed by atoms with Gasteiger partial charge in [-0.1, -0.05) is 41.4 Å². The van der Waals surface area contributed by atoms with Crippen LogP contribution < -0.4 is 16.2 Å². The molecule has 0 aliphatic rings. The minimum Gasteiger partial charge on any atom is -0.368 e. The summed E-state index contributed by atoms with van der Waals surface area (Å²) in [5.41, 5.74) is 6.59. The average Bonchev–Trinajstić information content (AvgIpc) is 2.60. The molecule has 0 saturated heterocycles. The molecule has 0 aliphatic carbocycles. The van der Waals surface area contributed by atoms with Gasteiger partial charge in [-0.3, -0.25) is 14.2 Å². The van der Waals surface area contributed by atoms with E-state index in [2.05, 4.69) is 4.98 Å². The Hall–Kier alpha value is -2.41. The highest BCUT2D eigenvalue weighted by Crippen LogP contribution is 2.20. The van der Waals surface area contributed by atoms with Gasteiger partial charge in [-0.25, -0.2) is 4.98 Å². The van der Waals surface area contributed by atoms with Crippen LogP contribution in [0.25, 0.3) is 10.9 Å². The van der Waals surface area contributed by atoms with Crippen LogP contribution in [0.15, 0.2) is 47.3 Å². The molecule has 3 rings (SSSR count). The Balaban J connectivity index is 1.94. The number of hydrogen-bond acceptors (Lipinski definition) is 3. The Morgan fingerprint density at radius 3 is 2.63 bits per heavy atom. The second-order valence-electron chi connectivity index (χ2n) is 6.45. The number of primary amides is 1. The number of nitrogens with one attached hydrogen (secondary N) is 1. The first-order valence-electron chi connectivity index (χ1n) is 8.37. The van der Waals surface area contributed by atoms with E-state index < -0.39 is 5.91 Å². The number of amides is 1. The number of para-hydroxylation sites is 1. The lowest BCUT2D eigenvalue weighted by atomic mass is 10.2. The zero-order valence-electron chi connectivity index (χ0n) is 14.7. The van der Waals surface area contributed by atoms with Gasteiger partial charge < -0.3 is 10.6 Å². The van der Waals surface area contributed by atoms with Gasteiger partial charge in [-0.2, -0.15) is 0 Å². The molecule has 1 heterocycles. The molecular weight excluding hydrogens is 387 g/mol. The molecule has 6 nitrogen and oxygen atoms in total. The number of halogens is 2. The minimum absolute atomic E-state index is 0.207. The van der Waals surface area contributed by atoms with E-state index in [1.54, 1.807) is 30.3 Å². The molecule has 0 fully saturated rings. The van der Waals surface area contributed by atoms with E-state index in [1.807, 2.05) is 19.2 Å². The van der Waals surface area contributed by atoms with Crippen molar-refractivity contribution in [1.82, 2.24) is 9.55 Å². The summed E-state index contributed by atoms with van der Waals surface area (Å²) in [6, 6.07) is 12.4. The summed E-state index contributed by atoms with van der Waals surface area (Å²) in [6.45, 7) is 0.822. The summed E-state index contributed by atoms with van der Waals surface area (Å²) in [7, 11) is 1.96. The highest BCUT2D eigenvalue weighted by atomic mass is 35.5. The lowest BCUT2D eigenvalue weighted by Crippen LogP contribution is -3.06. The summed E-state index contributed by atoms with van der Waals surface area (Å²) >= 11 is 12.2. The quantitative estimate of drug-likeness (QED) is 0.650. The van der Waals surface area contributed by atoms with Crippen LogP contribution in [0.1, 0.15) is 11.4 Å². The largest absolute Gasteiger partial charge is 0.368 e. The van der Waals surface area contributed by atoms with Crippen LogP contribution in [0.4, 0.5) is 0 Å². The molecule has 3 aromatic rings. The van der Waals surface area contributed by atoms with E-state index in [4.69, 9.17) is 28.9 Å². The first-order valence-corrected chi connectivity index (χ1v) is 9.12. The SMILES string of the molecule is C[NH+](Cc1ccc(Cl)cc1Cl)Cc1nc2ccccc2c(=O)n1CC(N)=O. The van der Waals surface area contributed by atoms with Crippen LogP contribution in [0.2, 0.25) is 10.0 Å². The van der Waals surface area contributed by atoms with Crippen LogP contribution >= 0.6 is 23.2 Å². The minimum atomic E-state index is -0.589. The summed E-state index contributed by atoms with van der Waals surface area (Å²) in [5.74, 6) is -0.0890. The molecule has 0 radical (unpaired) electrons. The van der Waals surface area contributed by atoms with Gasteiger partial charge in [-0.05, 0) is 24.3 Å². The van der Waals surface area contributed by atoms with Gasteiger partial charge in [0.2, 0.25) is 5.91 Å². The van der Waals surface area contributed by atoms with Crippen molar-refractivity contribution in [3.63, 3.8) is 0 Å². The first kappa shape index (κ1) is 19.4. The van der Waals surface area contributed by atoms with Crippen molar-refractivity contribution in [3.05, 3.63) is 74.3 Å². The Labute approximate surface area is 166 Å². The summed E-state index contributed by atoms with van der Waals surface area (Å²) < 4.78 is 1.34. The monoisotopic (exact) mass is 405 g/mol. The van der Waals surface area contributed by atoms with Crippen LogP contribution in [-0.2, 0) is 24.4 Å². The third kappa shape index (κ3) is 4.47. The van der Waals surface area contributed by atoms with E-state index in [0.29, 0.717) is 39.9 Å². The Kier molecular flexibility index (Phi) is 5.79. The van der Waals surface area contributed by atoms with Crippen LogP contribution in [0, 0.1) is 0 Å². The molecule has 1 atom stereocenters. The average molecular weight is 406 g/mol. The van der Waals surface area contributed by atoms with Crippen molar-refractivity contribution in [1.29, 1.82) is 0 Å². The first-order chi connectivity index (χ1) is 12.8. The van der Waals surface area contributed by atoms with Gasteiger partial charge in [0.15, 0.2) is 5.82 Å². The lowest BCUT2D eigenvalue weighted by molar-refractivity contribution is -0.908. The van der Waals surface area contributed by atoms with Gasteiger partial charge in [0, 0.05) is 10.6 Å². The van der Waals surface area contributed by atoms with Gasteiger partial charge in [0.25, 0.3) is 5.56 Å². The second-order valence-corrected chi connectivity index (χ2v) is 7.29. The fourth-order valence-electron chi connectivity index (χ4n) is 2.99. The van der Waals surface area contributed by atoms with Crippen LogP contribution in [0.3, 0.4) is 0 Å². The number of fused-ring (bicyclic) bond motifs is 1. The predicted octanol–water partition coefficient (Wildman–Crippen LogP) is 1.40. The molecule has 2 aromatic carbocycles. The number of carbonyl (C=O) groups is 1. The Morgan fingerprint density at radius 2 is 1.93 bits per heavy atom. The number of aromatic nitrogens is 2. The van der Waals surface area contributed by atoms with Crippen LogP contribution in [0.5, 0.6) is 0 Å². The Bertz CT molecular complexity index is 1070. The molecule has 3 N–H and O–H groups in total. The van der Waals surface area contributed by atoms with E-state index in [0.717, 1.165) is 10.5 Å². The van der Waals surface area contributed by atoms with Crippen molar-refractivity contribution in [2.45, 2.75) is 19.6 Å². The van der Waals surface area contributed by atoms with Crippen molar-refractivity contribution in [2.24, 2.45) is 5.73 Å². The Morgan fingerprint density at radius 1 is 1.19 bits per heavy atom. The molecule has 1 unspecified atom stereocenters. The molecule has 27 heavy (non-hydrogen) atoms. The fourth-order valence-corrected chi connectivity index (χ4v) is 3.47. The molecule has 1 aromatic heterocycles. The molecule has 8 heteroatoms. The highest BCUT2D eigenvalue weighted by molar-refractivity contribution is 6.35. The number of benzene rings is 2. The lowest BCUT2D eigenvalue weighted by Gasteiger charge is -2.18. The zero-order chi connectivity index (χ0) is 19.6. The van der Waals surface area contributed by atoms with Crippen molar-refractivity contribution in [3.8, 4) is 0 Å². The number of nitrogens with zero attached hydrogens (tertiary/aromatic N) is 2.